The van der Waals surface area contributed by atoms with Gasteiger partial charge in [-0.2, -0.15) is 0 Å². The predicted octanol–water partition coefficient (Wildman–Crippen LogP) is 2.36. The average Bonchev–Trinajstić information content (AvgIpc) is 2.41. The van der Waals surface area contributed by atoms with Crippen LogP contribution in [0.15, 0.2) is 28.7 Å². The number of nitrogens with one attached hydrogen (secondary N) is 2. The number of amides is 1. The molecule has 4 nitrogen and oxygen atoms in total. The van der Waals surface area contributed by atoms with E-state index in [0.717, 1.165) is 24.0 Å². The van der Waals surface area contributed by atoms with Crippen molar-refractivity contribution in [2.45, 2.75) is 19.4 Å². The summed E-state index contributed by atoms with van der Waals surface area (Å²) < 4.78 is 6.44. The lowest BCUT2D eigenvalue weighted by molar-refractivity contribution is -0.124. The van der Waals surface area contributed by atoms with Crippen LogP contribution in [0.25, 0.3) is 0 Å². The number of carbonyl (C=O) groups excluding carboxylic acids is 1. The zero-order valence-corrected chi connectivity index (χ0v) is 13.8. The van der Waals surface area contributed by atoms with Gasteiger partial charge in [0, 0.05) is 17.1 Å². The molecule has 0 spiro atoms. The van der Waals surface area contributed by atoms with Crippen molar-refractivity contribution in [3.8, 4) is 5.75 Å². The minimum atomic E-state index is -0.0662. The smallest absolute Gasteiger partial charge is 0.258 e. The van der Waals surface area contributed by atoms with Crippen molar-refractivity contribution >= 4 is 34.2 Å². The van der Waals surface area contributed by atoms with Crippen LogP contribution >= 0.6 is 28.3 Å². The summed E-state index contributed by atoms with van der Waals surface area (Å²) in [5, 5.41) is 6.30. The van der Waals surface area contributed by atoms with Gasteiger partial charge in [0.2, 0.25) is 0 Å². The van der Waals surface area contributed by atoms with E-state index >= 15 is 0 Å². The van der Waals surface area contributed by atoms with E-state index in [1.54, 1.807) is 0 Å². The van der Waals surface area contributed by atoms with E-state index in [9.17, 15) is 4.79 Å². The summed E-state index contributed by atoms with van der Waals surface area (Å²) in [5.74, 6) is 1.15. The number of ether oxygens (including phenoxy) is 1. The van der Waals surface area contributed by atoms with Crippen LogP contribution in [0, 0.1) is 5.92 Å². The van der Waals surface area contributed by atoms with E-state index in [1.807, 2.05) is 24.3 Å². The summed E-state index contributed by atoms with van der Waals surface area (Å²) in [6, 6.07) is 7.65. The molecule has 2 unspecified atom stereocenters. The maximum Gasteiger partial charge on any atom is 0.258 e. The summed E-state index contributed by atoms with van der Waals surface area (Å²) in [6.45, 7) is 4.10. The van der Waals surface area contributed by atoms with E-state index in [-0.39, 0.29) is 31.0 Å². The standard InChI is InChI=1S/C14H19BrN2O2.ClH/c1-10-6-7-16-8-13(10)17-14(18)9-19-12-4-2-11(15)3-5-12;/h2-5,10,13,16H,6-9H2,1H3,(H,17,18);1H. The van der Waals surface area contributed by atoms with E-state index < -0.39 is 0 Å². The fourth-order valence-corrected chi connectivity index (χ4v) is 2.38. The Hall–Kier alpha value is -0.780. The van der Waals surface area contributed by atoms with Crippen molar-refractivity contribution < 1.29 is 9.53 Å². The molecule has 0 aliphatic carbocycles. The maximum absolute atomic E-state index is 11.8. The summed E-state index contributed by atoms with van der Waals surface area (Å²) in [7, 11) is 0. The van der Waals surface area contributed by atoms with Crippen molar-refractivity contribution in [2.75, 3.05) is 19.7 Å². The number of benzene rings is 1. The predicted molar refractivity (Wildman–Crippen MR) is 85.5 cm³/mol. The number of piperidine rings is 1. The topological polar surface area (TPSA) is 50.4 Å². The molecule has 1 heterocycles. The molecule has 0 bridgehead atoms. The van der Waals surface area contributed by atoms with E-state index in [4.69, 9.17) is 4.74 Å². The molecule has 2 N–H and O–H groups in total. The molecule has 6 heteroatoms. The van der Waals surface area contributed by atoms with Crippen LogP contribution in [0.3, 0.4) is 0 Å². The van der Waals surface area contributed by atoms with Crippen LogP contribution in [-0.2, 0) is 4.79 Å². The lowest BCUT2D eigenvalue weighted by Crippen LogP contribution is -2.51. The highest BCUT2D eigenvalue weighted by molar-refractivity contribution is 9.10. The lowest BCUT2D eigenvalue weighted by atomic mass is 9.95. The summed E-state index contributed by atoms with van der Waals surface area (Å²) >= 11 is 3.36. The summed E-state index contributed by atoms with van der Waals surface area (Å²) in [5.41, 5.74) is 0. The molecule has 2 rings (SSSR count). The molecular weight excluding hydrogens is 344 g/mol. The molecule has 1 amide bonds. The Morgan fingerprint density at radius 3 is 2.80 bits per heavy atom. The second kappa shape index (κ2) is 8.49. The Kier molecular flexibility index (Phi) is 7.34. The zero-order valence-electron chi connectivity index (χ0n) is 11.4. The van der Waals surface area contributed by atoms with Crippen LogP contribution < -0.4 is 15.4 Å². The molecule has 112 valence electrons. The van der Waals surface area contributed by atoms with Crippen LogP contribution in [0.4, 0.5) is 0 Å². The fourth-order valence-electron chi connectivity index (χ4n) is 2.11. The van der Waals surface area contributed by atoms with Crippen molar-refractivity contribution in [1.29, 1.82) is 0 Å². The molecule has 1 aliphatic heterocycles. The quantitative estimate of drug-likeness (QED) is 0.863. The molecule has 1 aliphatic rings. The highest BCUT2D eigenvalue weighted by Gasteiger charge is 2.22. The van der Waals surface area contributed by atoms with Crippen LogP contribution in [-0.4, -0.2) is 31.6 Å². The second-order valence-corrected chi connectivity index (χ2v) is 5.80. The molecule has 0 saturated carbocycles. The van der Waals surface area contributed by atoms with Gasteiger partial charge in [0.25, 0.3) is 5.91 Å². The third-order valence-corrected chi connectivity index (χ3v) is 3.89. The first kappa shape index (κ1) is 17.3. The summed E-state index contributed by atoms with van der Waals surface area (Å²) in [6.07, 6.45) is 1.10. The number of hydrogen-bond acceptors (Lipinski definition) is 3. The highest BCUT2D eigenvalue weighted by atomic mass is 79.9. The fraction of sp³-hybridized carbons (Fsp3) is 0.500. The SMILES string of the molecule is CC1CCNCC1NC(=O)COc1ccc(Br)cc1.Cl. The first-order chi connectivity index (χ1) is 9.15. The summed E-state index contributed by atoms with van der Waals surface area (Å²) in [4.78, 5) is 11.8. The molecule has 1 aromatic rings. The Morgan fingerprint density at radius 2 is 2.15 bits per heavy atom. The van der Waals surface area contributed by atoms with Crippen molar-refractivity contribution in [1.82, 2.24) is 10.6 Å². The second-order valence-electron chi connectivity index (χ2n) is 4.89. The number of rotatable bonds is 4. The normalized spacial score (nSPS) is 21.7. The van der Waals surface area contributed by atoms with Gasteiger partial charge >= 0.3 is 0 Å². The van der Waals surface area contributed by atoms with Crippen LogP contribution in [0.2, 0.25) is 0 Å². The molecule has 1 fully saturated rings. The molecular formula is C14H20BrClN2O2. The average molecular weight is 364 g/mol. The molecule has 1 saturated heterocycles. The molecule has 1 aromatic carbocycles. The van der Waals surface area contributed by atoms with E-state index in [0.29, 0.717) is 11.7 Å². The third-order valence-electron chi connectivity index (χ3n) is 3.36. The molecule has 20 heavy (non-hydrogen) atoms. The van der Waals surface area contributed by atoms with Gasteiger partial charge in [-0.1, -0.05) is 22.9 Å². The van der Waals surface area contributed by atoms with E-state index in [1.165, 1.54) is 0 Å². The minimum Gasteiger partial charge on any atom is -0.484 e. The maximum atomic E-state index is 11.8. The van der Waals surface area contributed by atoms with Gasteiger partial charge in [-0.3, -0.25) is 4.79 Å². The van der Waals surface area contributed by atoms with Crippen LogP contribution in [0.1, 0.15) is 13.3 Å². The Balaban J connectivity index is 0.00000200. The number of carbonyl (C=O) groups is 1. The number of halogens is 2. The van der Waals surface area contributed by atoms with Crippen molar-refractivity contribution in [3.63, 3.8) is 0 Å². The zero-order chi connectivity index (χ0) is 13.7. The molecule has 0 aromatic heterocycles. The largest absolute Gasteiger partial charge is 0.484 e. The van der Waals surface area contributed by atoms with Gasteiger partial charge in [0.1, 0.15) is 5.75 Å². The highest BCUT2D eigenvalue weighted by Crippen LogP contribution is 2.16. The van der Waals surface area contributed by atoms with Gasteiger partial charge in [-0.25, -0.2) is 0 Å². The van der Waals surface area contributed by atoms with E-state index in [2.05, 4.69) is 33.5 Å². The van der Waals surface area contributed by atoms with Crippen molar-refractivity contribution in [2.24, 2.45) is 5.92 Å². The van der Waals surface area contributed by atoms with Gasteiger partial charge in [0.15, 0.2) is 6.61 Å². The number of hydrogen-bond donors (Lipinski definition) is 2. The Bertz CT molecular complexity index is 428. The first-order valence-electron chi connectivity index (χ1n) is 6.53. The molecule has 0 radical (unpaired) electrons. The first-order valence-corrected chi connectivity index (χ1v) is 7.33. The minimum absolute atomic E-state index is 0. The van der Waals surface area contributed by atoms with Crippen LogP contribution in [0.5, 0.6) is 5.75 Å². The monoisotopic (exact) mass is 362 g/mol. The third kappa shape index (κ3) is 5.31. The Morgan fingerprint density at radius 1 is 1.45 bits per heavy atom. The van der Waals surface area contributed by atoms with Gasteiger partial charge in [-0.05, 0) is 43.1 Å². The van der Waals surface area contributed by atoms with Gasteiger partial charge in [-0.15, -0.1) is 12.4 Å². The Labute approximate surface area is 134 Å². The lowest BCUT2D eigenvalue weighted by Gasteiger charge is -2.30. The van der Waals surface area contributed by atoms with Crippen molar-refractivity contribution in [3.05, 3.63) is 28.7 Å². The van der Waals surface area contributed by atoms with Gasteiger partial charge in [0.05, 0.1) is 0 Å². The molecule has 2 atom stereocenters. The van der Waals surface area contributed by atoms with Gasteiger partial charge < -0.3 is 15.4 Å².